The van der Waals surface area contributed by atoms with E-state index >= 15 is 0 Å². The van der Waals surface area contributed by atoms with E-state index in [2.05, 4.69) is 33.2 Å². The Bertz CT molecular complexity index is 437. The largest absolute Gasteiger partial charge is 0.495 e. The van der Waals surface area contributed by atoms with E-state index in [1.54, 1.807) is 18.9 Å². The molecule has 0 spiro atoms. The van der Waals surface area contributed by atoms with E-state index in [1.807, 2.05) is 18.2 Å². The average Bonchev–Trinajstić information content (AvgIpc) is 2.32. The van der Waals surface area contributed by atoms with Gasteiger partial charge in [0.05, 0.1) is 17.6 Å². The molecule has 3 nitrogen and oxygen atoms in total. The molecule has 1 unspecified atom stereocenters. The highest BCUT2D eigenvalue weighted by Crippen LogP contribution is 2.29. The van der Waals surface area contributed by atoms with Gasteiger partial charge in [-0.05, 0) is 41.4 Å². The summed E-state index contributed by atoms with van der Waals surface area (Å²) in [4.78, 5) is 4.57. The van der Waals surface area contributed by atoms with E-state index in [1.165, 1.54) is 0 Å². The highest BCUT2D eigenvalue weighted by molar-refractivity contribution is 9.10. The minimum Gasteiger partial charge on any atom is -0.495 e. The van der Waals surface area contributed by atoms with Crippen LogP contribution in [-0.2, 0) is 0 Å². The Hall–Kier alpha value is -0.680. The number of thioether (sulfide) groups is 1. The summed E-state index contributed by atoms with van der Waals surface area (Å²) in [6.07, 6.45) is 1.15. The van der Waals surface area contributed by atoms with Crippen molar-refractivity contribution in [2.45, 2.75) is 19.4 Å². The zero-order valence-corrected chi connectivity index (χ0v) is 12.3. The molecule has 5 heteroatoms. The van der Waals surface area contributed by atoms with Crippen molar-refractivity contribution in [1.82, 2.24) is 0 Å². The summed E-state index contributed by atoms with van der Waals surface area (Å²) in [6, 6.07) is 6.36. The monoisotopic (exact) mass is 314 g/mol. The van der Waals surface area contributed by atoms with Gasteiger partial charge >= 0.3 is 0 Å². The fourth-order valence-corrected chi connectivity index (χ4v) is 3.06. The Morgan fingerprint density at radius 3 is 3.06 bits per heavy atom. The third-order valence-electron chi connectivity index (χ3n) is 2.51. The lowest BCUT2D eigenvalue weighted by Crippen LogP contribution is -2.17. The Kier molecular flexibility index (Phi) is 4.34. The predicted molar refractivity (Wildman–Crippen MR) is 78.3 cm³/mol. The van der Waals surface area contributed by atoms with Crippen LogP contribution in [0, 0.1) is 0 Å². The van der Waals surface area contributed by atoms with Crippen LogP contribution >= 0.6 is 27.7 Å². The standard InChI is InChI=1S/C12H15BrN2OS/c1-8-5-6-17-12(14-8)15-9-3-4-10(13)11(7-9)16-2/h3-4,7-8H,5-6H2,1-2H3,(H,14,15). The van der Waals surface area contributed by atoms with Gasteiger partial charge in [0.15, 0.2) is 5.17 Å². The third kappa shape index (κ3) is 3.39. The fourth-order valence-electron chi connectivity index (χ4n) is 1.56. The first-order valence-electron chi connectivity index (χ1n) is 5.50. The van der Waals surface area contributed by atoms with Crippen LogP contribution in [0.15, 0.2) is 27.7 Å². The zero-order chi connectivity index (χ0) is 12.3. The van der Waals surface area contributed by atoms with Crippen LogP contribution in [-0.4, -0.2) is 24.1 Å². The maximum absolute atomic E-state index is 5.26. The van der Waals surface area contributed by atoms with Gasteiger partial charge in [0.1, 0.15) is 5.75 Å². The van der Waals surface area contributed by atoms with Gasteiger partial charge in [0.2, 0.25) is 0 Å². The maximum Gasteiger partial charge on any atom is 0.161 e. The SMILES string of the molecule is COc1cc(NC2=NC(C)CCS2)ccc1Br. The van der Waals surface area contributed by atoms with Gasteiger partial charge in [-0.25, -0.2) is 0 Å². The van der Waals surface area contributed by atoms with E-state index in [0.29, 0.717) is 6.04 Å². The van der Waals surface area contributed by atoms with Gasteiger partial charge in [-0.3, -0.25) is 4.99 Å². The smallest absolute Gasteiger partial charge is 0.161 e. The summed E-state index contributed by atoms with van der Waals surface area (Å²) >= 11 is 5.20. The number of amidine groups is 1. The lowest BCUT2D eigenvalue weighted by atomic mass is 10.3. The summed E-state index contributed by atoms with van der Waals surface area (Å²) in [7, 11) is 1.67. The molecule has 1 atom stereocenters. The minimum atomic E-state index is 0.413. The van der Waals surface area contributed by atoms with Crippen molar-refractivity contribution >= 4 is 38.5 Å². The van der Waals surface area contributed by atoms with Crippen LogP contribution in [0.25, 0.3) is 0 Å². The third-order valence-corrected chi connectivity index (χ3v) is 4.09. The number of nitrogens with zero attached hydrogens (tertiary/aromatic N) is 1. The molecule has 92 valence electrons. The summed E-state index contributed by atoms with van der Waals surface area (Å²) in [5.41, 5.74) is 1.01. The fraction of sp³-hybridized carbons (Fsp3) is 0.417. The van der Waals surface area contributed by atoms with Crippen LogP contribution in [0.3, 0.4) is 0 Å². The lowest BCUT2D eigenvalue weighted by Gasteiger charge is -2.18. The molecule has 0 saturated heterocycles. The van der Waals surface area contributed by atoms with Crippen molar-refractivity contribution < 1.29 is 4.74 Å². The highest BCUT2D eigenvalue weighted by atomic mass is 79.9. The second-order valence-corrected chi connectivity index (χ2v) is 5.83. The number of halogens is 1. The molecule has 1 aliphatic heterocycles. The normalized spacial score (nSPS) is 19.7. The number of hydrogen-bond acceptors (Lipinski definition) is 4. The summed E-state index contributed by atoms with van der Waals surface area (Å²) in [5.74, 6) is 1.95. The number of benzene rings is 1. The highest BCUT2D eigenvalue weighted by Gasteiger charge is 2.12. The van der Waals surface area contributed by atoms with Crippen molar-refractivity contribution in [3.05, 3.63) is 22.7 Å². The van der Waals surface area contributed by atoms with Gasteiger partial charge in [0.25, 0.3) is 0 Å². The molecule has 2 rings (SSSR count). The molecule has 0 amide bonds. The van der Waals surface area contributed by atoms with Crippen molar-refractivity contribution in [3.8, 4) is 5.75 Å². The van der Waals surface area contributed by atoms with E-state index in [0.717, 1.165) is 33.3 Å². The van der Waals surface area contributed by atoms with Crippen molar-refractivity contribution in [3.63, 3.8) is 0 Å². The second kappa shape index (κ2) is 5.78. The molecule has 1 heterocycles. The average molecular weight is 315 g/mol. The molecule has 0 saturated carbocycles. The quantitative estimate of drug-likeness (QED) is 0.902. The number of rotatable bonds is 2. The zero-order valence-electron chi connectivity index (χ0n) is 9.87. The molecule has 0 aromatic heterocycles. The molecule has 0 aliphatic carbocycles. The summed E-state index contributed by atoms with van der Waals surface area (Å²) < 4.78 is 6.22. The molecular formula is C12H15BrN2OS. The number of anilines is 1. The summed E-state index contributed by atoms with van der Waals surface area (Å²) in [6.45, 7) is 2.14. The first-order valence-corrected chi connectivity index (χ1v) is 7.28. The van der Waals surface area contributed by atoms with Gasteiger partial charge in [-0.2, -0.15) is 0 Å². The second-order valence-electron chi connectivity index (χ2n) is 3.89. The van der Waals surface area contributed by atoms with E-state index in [-0.39, 0.29) is 0 Å². The number of hydrogen-bond donors (Lipinski definition) is 1. The molecule has 1 aliphatic rings. The molecule has 0 fully saturated rings. The Balaban J connectivity index is 2.13. The number of aliphatic imine (C=N–C) groups is 1. The molecule has 0 bridgehead atoms. The van der Waals surface area contributed by atoms with Gasteiger partial charge in [-0.1, -0.05) is 11.8 Å². The van der Waals surface area contributed by atoms with Gasteiger partial charge in [-0.15, -0.1) is 0 Å². The molecule has 1 N–H and O–H groups in total. The van der Waals surface area contributed by atoms with Crippen LogP contribution < -0.4 is 10.1 Å². The van der Waals surface area contributed by atoms with Gasteiger partial charge < -0.3 is 10.1 Å². The van der Waals surface area contributed by atoms with E-state index < -0.39 is 0 Å². The molecular weight excluding hydrogens is 300 g/mol. The van der Waals surface area contributed by atoms with E-state index in [4.69, 9.17) is 4.74 Å². The molecule has 1 aromatic carbocycles. The molecule has 17 heavy (non-hydrogen) atoms. The molecule has 1 aromatic rings. The Labute approximate surface area is 114 Å². The first-order chi connectivity index (χ1) is 8.19. The van der Waals surface area contributed by atoms with Crippen LogP contribution in [0.2, 0.25) is 0 Å². The lowest BCUT2D eigenvalue weighted by molar-refractivity contribution is 0.412. The number of nitrogens with one attached hydrogen (secondary N) is 1. The summed E-state index contributed by atoms with van der Waals surface area (Å²) in [5, 5.41) is 4.32. The van der Waals surface area contributed by atoms with E-state index in [9.17, 15) is 0 Å². The number of methoxy groups -OCH3 is 1. The van der Waals surface area contributed by atoms with Crippen molar-refractivity contribution in [2.24, 2.45) is 4.99 Å². The maximum atomic E-state index is 5.26. The van der Waals surface area contributed by atoms with Gasteiger partial charge in [0, 0.05) is 17.5 Å². The molecule has 0 radical (unpaired) electrons. The first kappa shape index (κ1) is 12.8. The van der Waals surface area contributed by atoms with Crippen LogP contribution in [0.1, 0.15) is 13.3 Å². The van der Waals surface area contributed by atoms with Crippen LogP contribution in [0.5, 0.6) is 5.75 Å². The topological polar surface area (TPSA) is 33.6 Å². The van der Waals surface area contributed by atoms with Crippen molar-refractivity contribution in [2.75, 3.05) is 18.2 Å². The Morgan fingerprint density at radius 2 is 2.35 bits per heavy atom. The number of ether oxygens (including phenoxy) is 1. The minimum absolute atomic E-state index is 0.413. The van der Waals surface area contributed by atoms with Crippen molar-refractivity contribution in [1.29, 1.82) is 0 Å². The van der Waals surface area contributed by atoms with Crippen LogP contribution in [0.4, 0.5) is 5.69 Å². The Morgan fingerprint density at radius 1 is 1.53 bits per heavy atom. The predicted octanol–water partition coefficient (Wildman–Crippen LogP) is 3.75.